The first-order valence-corrected chi connectivity index (χ1v) is 9.25. The molecule has 2 aromatic heterocycles. The van der Waals surface area contributed by atoms with Crippen LogP contribution in [0.25, 0.3) is 22.9 Å². The van der Waals surface area contributed by atoms with Gasteiger partial charge < -0.3 is 10.3 Å². The van der Waals surface area contributed by atoms with Gasteiger partial charge in [-0.05, 0) is 67.8 Å². The van der Waals surface area contributed by atoms with E-state index < -0.39 is 0 Å². The molecule has 1 aromatic carbocycles. The average Bonchev–Trinajstić information content (AvgIpc) is 3.20. The van der Waals surface area contributed by atoms with Crippen LogP contribution in [0.5, 0.6) is 0 Å². The number of fused-ring (bicyclic) bond motifs is 1. The van der Waals surface area contributed by atoms with Crippen LogP contribution >= 0.6 is 0 Å². The summed E-state index contributed by atoms with van der Waals surface area (Å²) < 4.78 is 2.16. The number of allylic oxidation sites excluding steroid dienone is 3. The SMILES string of the molecule is CC1=C(C#N)c2nc(N)c(C#N)c(C)c2/C1=C\c1ccc(C)n1-c1ccccc1. The lowest BCUT2D eigenvalue weighted by Gasteiger charge is -2.13. The molecule has 5 nitrogen and oxygen atoms in total. The first kappa shape index (κ1) is 18.3. The molecule has 1 aliphatic carbocycles. The summed E-state index contributed by atoms with van der Waals surface area (Å²) in [5, 5.41) is 19.2. The molecule has 0 aliphatic heterocycles. The minimum Gasteiger partial charge on any atom is -0.383 e. The number of hydrogen-bond acceptors (Lipinski definition) is 4. The van der Waals surface area contributed by atoms with Crippen molar-refractivity contribution in [1.29, 1.82) is 10.5 Å². The first-order chi connectivity index (χ1) is 14.0. The highest BCUT2D eigenvalue weighted by Gasteiger charge is 2.29. The number of para-hydroxylation sites is 1. The Kier molecular flexibility index (Phi) is 4.30. The molecule has 1 aliphatic rings. The number of anilines is 1. The van der Waals surface area contributed by atoms with E-state index in [1.165, 1.54) is 0 Å². The second-order valence-corrected chi connectivity index (χ2v) is 7.07. The molecule has 0 saturated carbocycles. The fourth-order valence-electron chi connectivity index (χ4n) is 3.94. The molecule has 3 aromatic rings. The highest BCUT2D eigenvalue weighted by molar-refractivity contribution is 6.08. The topological polar surface area (TPSA) is 91.4 Å². The summed E-state index contributed by atoms with van der Waals surface area (Å²) in [6.07, 6.45) is 2.06. The summed E-state index contributed by atoms with van der Waals surface area (Å²) in [5.74, 6) is 0.161. The quantitative estimate of drug-likeness (QED) is 0.695. The van der Waals surface area contributed by atoms with E-state index in [1.807, 2.05) is 32.0 Å². The van der Waals surface area contributed by atoms with E-state index in [0.717, 1.165) is 39.3 Å². The Morgan fingerprint density at radius 1 is 1.00 bits per heavy atom. The van der Waals surface area contributed by atoms with Crippen LogP contribution in [0.3, 0.4) is 0 Å². The predicted octanol–water partition coefficient (Wildman–Crippen LogP) is 4.79. The van der Waals surface area contributed by atoms with Gasteiger partial charge in [0.2, 0.25) is 0 Å². The van der Waals surface area contributed by atoms with Gasteiger partial charge in [-0.25, -0.2) is 4.98 Å². The molecule has 0 saturated heterocycles. The predicted molar refractivity (Wildman–Crippen MR) is 115 cm³/mol. The van der Waals surface area contributed by atoms with Crippen molar-refractivity contribution >= 4 is 23.0 Å². The standard InChI is InChI=1S/C24H19N5/c1-14-9-10-18(29(14)17-7-5-4-6-8-17)11-19-15(2)20(12-25)23-22(19)16(3)21(13-26)24(27)28-23/h4-11H,1-3H3,(H2,27,28)/b19-11-. The highest BCUT2D eigenvalue weighted by Crippen LogP contribution is 2.44. The second kappa shape index (κ2) is 6.82. The van der Waals surface area contributed by atoms with Crippen LogP contribution in [0.15, 0.2) is 48.0 Å². The summed E-state index contributed by atoms with van der Waals surface area (Å²) in [6.45, 7) is 5.83. The Hall–Kier alpha value is -4.09. The number of rotatable bonds is 2. The van der Waals surface area contributed by atoms with E-state index in [4.69, 9.17) is 5.73 Å². The number of nitriles is 2. The zero-order valence-corrected chi connectivity index (χ0v) is 16.5. The summed E-state index contributed by atoms with van der Waals surface area (Å²) in [7, 11) is 0. The van der Waals surface area contributed by atoms with Crippen LogP contribution in [0.1, 0.15) is 40.7 Å². The van der Waals surface area contributed by atoms with Crippen molar-refractivity contribution in [2.75, 3.05) is 5.73 Å². The third-order valence-corrected chi connectivity index (χ3v) is 5.40. The van der Waals surface area contributed by atoms with Crippen molar-refractivity contribution in [2.45, 2.75) is 20.8 Å². The van der Waals surface area contributed by atoms with Gasteiger partial charge in [0.25, 0.3) is 0 Å². The molecule has 0 fully saturated rings. The highest BCUT2D eigenvalue weighted by atomic mass is 15.0. The summed E-state index contributed by atoms with van der Waals surface area (Å²) in [6, 6.07) is 18.6. The van der Waals surface area contributed by atoms with E-state index in [-0.39, 0.29) is 5.82 Å². The van der Waals surface area contributed by atoms with Gasteiger partial charge in [-0.2, -0.15) is 10.5 Å². The number of benzene rings is 1. The third-order valence-electron chi connectivity index (χ3n) is 5.40. The van der Waals surface area contributed by atoms with Crippen LogP contribution in [0.4, 0.5) is 5.82 Å². The first-order valence-electron chi connectivity index (χ1n) is 9.25. The van der Waals surface area contributed by atoms with Gasteiger partial charge in [0.15, 0.2) is 0 Å². The Balaban J connectivity index is 2.00. The molecule has 5 heteroatoms. The van der Waals surface area contributed by atoms with Crippen LogP contribution < -0.4 is 5.73 Å². The lowest BCUT2D eigenvalue weighted by Crippen LogP contribution is -2.04. The Bertz CT molecular complexity index is 1290. The molecule has 0 atom stereocenters. The van der Waals surface area contributed by atoms with Crippen molar-refractivity contribution in [2.24, 2.45) is 0 Å². The zero-order valence-electron chi connectivity index (χ0n) is 16.5. The second-order valence-electron chi connectivity index (χ2n) is 7.07. The molecule has 0 unspecified atom stereocenters. The van der Waals surface area contributed by atoms with Gasteiger partial charge in [0.1, 0.15) is 18.0 Å². The summed E-state index contributed by atoms with van der Waals surface area (Å²) in [5.41, 5.74) is 13.8. The van der Waals surface area contributed by atoms with Crippen LogP contribution in [0, 0.1) is 36.5 Å². The van der Waals surface area contributed by atoms with Crippen molar-refractivity contribution in [3.05, 3.63) is 81.8 Å². The number of hydrogen-bond donors (Lipinski definition) is 1. The van der Waals surface area contributed by atoms with Gasteiger partial charge in [0, 0.05) is 22.6 Å². The molecule has 0 spiro atoms. The lowest BCUT2D eigenvalue weighted by atomic mass is 9.96. The van der Waals surface area contributed by atoms with Crippen molar-refractivity contribution in [3.8, 4) is 17.8 Å². The minimum absolute atomic E-state index is 0.161. The minimum atomic E-state index is 0.161. The van der Waals surface area contributed by atoms with Gasteiger partial charge >= 0.3 is 0 Å². The van der Waals surface area contributed by atoms with E-state index in [1.54, 1.807) is 0 Å². The molecule has 29 heavy (non-hydrogen) atoms. The molecule has 2 heterocycles. The van der Waals surface area contributed by atoms with Crippen molar-refractivity contribution in [3.63, 3.8) is 0 Å². The fourth-order valence-corrected chi connectivity index (χ4v) is 3.94. The average molecular weight is 377 g/mol. The maximum Gasteiger partial charge on any atom is 0.142 e. The number of pyridine rings is 1. The fraction of sp³-hybridized carbons (Fsp3) is 0.125. The molecule has 0 amide bonds. The zero-order chi connectivity index (χ0) is 20.7. The van der Waals surface area contributed by atoms with Crippen LogP contribution in [0.2, 0.25) is 0 Å². The van der Waals surface area contributed by atoms with Gasteiger partial charge in [0.05, 0.1) is 16.8 Å². The Morgan fingerprint density at radius 2 is 1.72 bits per heavy atom. The third kappa shape index (κ3) is 2.72. The van der Waals surface area contributed by atoms with E-state index in [9.17, 15) is 10.5 Å². The van der Waals surface area contributed by atoms with Crippen molar-refractivity contribution in [1.82, 2.24) is 9.55 Å². The normalized spacial score (nSPS) is 14.0. The number of aryl methyl sites for hydroxylation is 1. The lowest BCUT2D eigenvalue weighted by molar-refractivity contribution is 1.00. The number of aromatic nitrogens is 2. The van der Waals surface area contributed by atoms with Crippen LogP contribution in [-0.4, -0.2) is 9.55 Å². The van der Waals surface area contributed by atoms with Gasteiger partial charge in [-0.1, -0.05) is 18.2 Å². The van der Waals surface area contributed by atoms with E-state index in [0.29, 0.717) is 16.8 Å². The number of nitrogen functional groups attached to an aromatic ring is 1. The molecule has 0 bridgehead atoms. The van der Waals surface area contributed by atoms with Gasteiger partial charge in [-0.3, -0.25) is 0 Å². The van der Waals surface area contributed by atoms with Crippen molar-refractivity contribution < 1.29 is 0 Å². The maximum atomic E-state index is 9.73. The maximum absolute atomic E-state index is 9.73. The van der Waals surface area contributed by atoms with Gasteiger partial charge in [-0.15, -0.1) is 0 Å². The van der Waals surface area contributed by atoms with E-state index >= 15 is 0 Å². The molecular weight excluding hydrogens is 358 g/mol. The number of nitrogens with zero attached hydrogens (tertiary/aromatic N) is 4. The largest absolute Gasteiger partial charge is 0.383 e. The monoisotopic (exact) mass is 377 g/mol. The smallest absolute Gasteiger partial charge is 0.142 e. The van der Waals surface area contributed by atoms with Crippen LogP contribution in [-0.2, 0) is 0 Å². The Labute approximate surface area is 169 Å². The molecular formula is C24H19N5. The summed E-state index contributed by atoms with van der Waals surface area (Å²) >= 11 is 0. The Morgan fingerprint density at radius 3 is 2.38 bits per heavy atom. The molecule has 4 rings (SSSR count). The summed E-state index contributed by atoms with van der Waals surface area (Å²) in [4.78, 5) is 4.39. The molecule has 2 N–H and O–H groups in total. The number of nitrogens with two attached hydrogens (primary N) is 1. The molecule has 0 radical (unpaired) electrons. The molecule has 140 valence electrons. The van der Waals surface area contributed by atoms with E-state index in [2.05, 4.69) is 59.0 Å².